The Balaban J connectivity index is 2.31. The minimum absolute atomic E-state index is 0.145. The van der Waals surface area contributed by atoms with Gasteiger partial charge in [0, 0.05) is 5.56 Å². The van der Waals surface area contributed by atoms with Gasteiger partial charge in [0.2, 0.25) is 0 Å². The van der Waals surface area contributed by atoms with Gasteiger partial charge in [-0.3, -0.25) is 0 Å². The molecule has 0 spiro atoms. The van der Waals surface area contributed by atoms with Crippen molar-refractivity contribution in [1.29, 1.82) is 0 Å². The smallest absolute Gasteiger partial charge is 0.417 e. The maximum Gasteiger partial charge on any atom is 0.417 e. The monoisotopic (exact) mass is 250 g/mol. The van der Waals surface area contributed by atoms with Crippen LogP contribution in [0, 0.1) is 0 Å². The van der Waals surface area contributed by atoms with E-state index in [9.17, 15) is 13.2 Å². The number of hydrogen-bond donors (Lipinski definition) is 0. The molecule has 0 unspecified atom stereocenters. The molecule has 92 valence electrons. The first-order valence-electron chi connectivity index (χ1n) is 5.48. The molecule has 18 heavy (non-hydrogen) atoms. The predicted molar refractivity (Wildman–Crippen MR) is 61.2 cm³/mol. The van der Waals surface area contributed by atoms with E-state index >= 15 is 0 Å². The quantitative estimate of drug-likeness (QED) is 0.678. The molecule has 2 aromatic carbocycles. The summed E-state index contributed by atoms with van der Waals surface area (Å²) in [5.41, 5.74) is 0.882. The molecule has 0 amide bonds. The van der Waals surface area contributed by atoms with Gasteiger partial charge in [-0.1, -0.05) is 30.3 Å². The molecule has 1 aliphatic rings. The molecule has 0 fully saturated rings. The zero-order valence-electron chi connectivity index (χ0n) is 9.29. The maximum absolute atomic E-state index is 13.0. The summed E-state index contributed by atoms with van der Waals surface area (Å²) in [6.45, 7) is 0.310. The van der Waals surface area contributed by atoms with Crippen LogP contribution in [0.4, 0.5) is 13.2 Å². The fraction of sp³-hybridized carbons (Fsp3) is 0.143. The van der Waals surface area contributed by atoms with E-state index in [-0.39, 0.29) is 5.56 Å². The van der Waals surface area contributed by atoms with Crippen molar-refractivity contribution >= 4 is 0 Å². The van der Waals surface area contributed by atoms with Crippen molar-refractivity contribution in [2.24, 2.45) is 0 Å². The van der Waals surface area contributed by atoms with Crippen LogP contribution in [0.5, 0.6) is 5.75 Å². The molecule has 2 aromatic rings. The van der Waals surface area contributed by atoms with E-state index in [2.05, 4.69) is 0 Å². The number of alkyl halides is 3. The molecule has 0 radical (unpaired) electrons. The van der Waals surface area contributed by atoms with Gasteiger partial charge in [-0.05, 0) is 23.3 Å². The molecule has 1 heterocycles. The highest BCUT2D eigenvalue weighted by Crippen LogP contribution is 2.45. The molecule has 3 rings (SSSR count). The van der Waals surface area contributed by atoms with Crippen molar-refractivity contribution in [3.8, 4) is 16.9 Å². The Morgan fingerprint density at radius 3 is 2.50 bits per heavy atom. The molecule has 0 aromatic heterocycles. The minimum Gasteiger partial charge on any atom is -0.488 e. The summed E-state index contributed by atoms with van der Waals surface area (Å²) in [7, 11) is 0. The number of halogens is 3. The van der Waals surface area contributed by atoms with Gasteiger partial charge in [0.1, 0.15) is 12.4 Å². The summed E-state index contributed by atoms with van der Waals surface area (Å²) in [5, 5.41) is 0. The SMILES string of the molecule is FC(F)(F)c1cccc2c1-c1ccccc1CO2. The molecule has 1 nitrogen and oxygen atoms in total. The molecule has 0 bridgehead atoms. The Morgan fingerprint density at radius 1 is 0.944 bits per heavy atom. The van der Waals surface area contributed by atoms with Crippen LogP contribution < -0.4 is 4.74 Å². The molecular weight excluding hydrogens is 241 g/mol. The van der Waals surface area contributed by atoms with Crippen LogP contribution in [0.25, 0.3) is 11.1 Å². The Kier molecular flexibility index (Phi) is 2.33. The van der Waals surface area contributed by atoms with E-state index in [0.717, 1.165) is 11.6 Å². The second-order valence-electron chi connectivity index (χ2n) is 4.12. The highest BCUT2D eigenvalue weighted by molar-refractivity contribution is 5.78. The highest BCUT2D eigenvalue weighted by atomic mass is 19.4. The summed E-state index contributed by atoms with van der Waals surface area (Å²) in [5.74, 6) is 0.295. The van der Waals surface area contributed by atoms with Crippen LogP contribution in [0.15, 0.2) is 42.5 Å². The third kappa shape index (κ3) is 1.65. The summed E-state index contributed by atoms with van der Waals surface area (Å²) < 4.78 is 44.4. The first kappa shape index (κ1) is 11.1. The fourth-order valence-corrected chi connectivity index (χ4v) is 2.21. The second-order valence-corrected chi connectivity index (χ2v) is 4.12. The van der Waals surface area contributed by atoms with Gasteiger partial charge in [0.25, 0.3) is 0 Å². The lowest BCUT2D eigenvalue weighted by molar-refractivity contribution is -0.137. The third-order valence-electron chi connectivity index (χ3n) is 3.00. The zero-order valence-corrected chi connectivity index (χ0v) is 9.29. The maximum atomic E-state index is 13.0. The van der Waals surface area contributed by atoms with Crippen molar-refractivity contribution in [2.75, 3.05) is 0 Å². The molecule has 0 N–H and O–H groups in total. The van der Waals surface area contributed by atoms with Crippen LogP contribution in [0.2, 0.25) is 0 Å². The average Bonchev–Trinajstić information content (AvgIpc) is 2.36. The van der Waals surface area contributed by atoms with Gasteiger partial charge >= 0.3 is 6.18 Å². The zero-order chi connectivity index (χ0) is 12.8. The Hall–Kier alpha value is -1.97. The molecular formula is C14H9F3O. The minimum atomic E-state index is -4.38. The van der Waals surface area contributed by atoms with Gasteiger partial charge in [-0.2, -0.15) is 13.2 Å². The Morgan fingerprint density at radius 2 is 1.72 bits per heavy atom. The summed E-state index contributed by atoms with van der Waals surface area (Å²) in [6, 6.07) is 11.0. The molecule has 0 saturated carbocycles. The van der Waals surface area contributed by atoms with Crippen molar-refractivity contribution < 1.29 is 17.9 Å². The Labute approximate surface area is 102 Å². The molecule has 4 heteroatoms. The van der Waals surface area contributed by atoms with E-state index < -0.39 is 11.7 Å². The van der Waals surface area contributed by atoms with Gasteiger partial charge < -0.3 is 4.74 Å². The standard InChI is InChI=1S/C14H9F3O/c15-14(16,17)11-6-3-7-12-13(11)10-5-2-1-4-9(10)8-18-12/h1-7H,8H2. The molecule has 0 aliphatic carbocycles. The van der Waals surface area contributed by atoms with Crippen molar-refractivity contribution in [2.45, 2.75) is 12.8 Å². The van der Waals surface area contributed by atoms with E-state index in [1.807, 2.05) is 0 Å². The third-order valence-corrected chi connectivity index (χ3v) is 3.00. The van der Waals surface area contributed by atoms with Gasteiger partial charge in [-0.25, -0.2) is 0 Å². The van der Waals surface area contributed by atoms with Crippen LogP contribution in [0.3, 0.4) is 0 Å². The second kappa shape index (κ2) is 3.77. The predicted octanol–water partition coefficient (Wildman–Crippen LogP) is 4.26. The first-order valence-corrected chi connectivity index (χ1v) is 5.48. The van der Waals surface area contributed by atoms with E-state index in [1.54, 1.807) is 30.3 Å². The van der Waals surface area contributed by atoms with Gasteiger partial charge in [0.15, 0.2) is 0 Å². The van der Waals surface area contributed by atoms with Crippen molar-refractivity contribution in [3.05, 3.63) is 53.6 Å². The van der Waals surface area contributed by atoms with Crippen LogP contribution >= 0.6 is 0 Å². The topological polar surface area (TPSA) is 9.23 Å². The summed E-state index contributed by atoms with van der Waals surface area (Å²) >= 11 is 0. The summed E-state index contributed by atoms with van der Waals surface area (Å²) in [4.78, 5) is 0. The van der Waals surface area contributed by atoms with E-state index in [4.69, 9.17) is 4.74 Å². The van der Waals surface area contributed by atoms with Crippen LogP contribution in [-0.2, 0) is 12.8 Å². The number of fused-ring (bicyclic) bond motifs is 3. The largest absolute Gasteiger partial charge is 0.488 e. The van der Waals surface area contributed by atoms with Crippen molar-refractivity contribution in [1.82, 2.24) is 0 Å². The van der Waals surface area contributed by atoms with Gasteiger partial charge in [-0.15, -0.1) is 0 Å². The van der Waals surface area contributed by atoms with Crippen molar-refractivity contribution in [3.63, 3.8) is 0 Å². The van der Waals surface area contributed by atoms with E-state index in [0.29, 0.717) is 17.9 Å². The highest BCUT2D eigenvalue weighted by Gasteiger charge is 2.36. The number of benzene rings is 2. The van der Waals surface area contributed by atoms with Gasteiger partial charge in [0.05, 0.1) is 5.56 Å². The number of hydrogen-bond acceptors (Lipinski definition) is 1. The lowest BCUT2D eigenvalue weighted by atomic mass is 9.93. The molecule has 1 aliphatic heterocycles. The van der Waals surface area contributed by atoms with E-state index in [1.165, 1.54) is 6.07 Å². The Bertz CT molecular complexity index is 602. The normalized spacial score (nSPS) is 13.5. The van der Waals surface area contributed by atoms with Crippen LogP contribution in [-0.4, -0.2) is 0 Å². The van der Waals surface area contributed by atoms with Crippen LogP contribution in [0.1, 0.15) is 11.1 Å². The molecule has 0 atom stereocenters. The fourth-order valence-electron chi connectivity index (χ4n) is 2.21. The lowest BCUT2D eigenvalue weighted by Crippen LogP contribution is -2.12. The lowest BCUT2D eigenvalue weighted by Gasteiger charge is -2.24. The first-order chi connectivity index (χ1) is 8.57. The molecule has 0 saturated heterocycles. The summed E-state index contributed by atoms with van der Waals surface area (Å²) in [6.07, 6.45) is -4.38. The number of ether oxygens (including phenoxy) is 1. The number of rotatable bonds is 0. The average molecular weight is 250 g/mol.